The number of hydrogen-bond donors (Lipinski definition) is 1. The highest BCUT2D eigenvalue weighted by Gasteiger charge is 2.29. The molecule has 0 fully saturated rings. The summed E-state index contributed by atoms with van der Waals surface area (Å²) in [5, 5.41) is 8.28. The van der Waals surface area contributed by atoms with Crippen LogP contribution in [-0.2, 0) is 27.2 Å². The van der Waals surface area contributed by atoms with Crippen LogP contribution in [0.2, 0.25) is 20.1 Å². The van der Waals surface area contributed by atoms with E-state index in [4.69, 9.17) is 50.6 Å². The van der Waals surface area contributed by atoms with Crippen LogP contribution in [0.3, 0.4) is 0 Å². The third-order valence-corrected chi connectivity index (χ3v) is 9.79. The molecule has 0 amide bonds. The van der Waals surface area contributed by atoms with E-state index in [9.17, 15) is 35.2 Å². The van der Waals surface area contributed by atoms with E-state index >= 15 is 0 Å². The van der Waals surface area contributed by atoms with Crippen molar-refractivity contribution in [1.29, 1.82) is 0 Å². The minimum atomic E-state index is -4.16. The van der Waals surface area contributed by atoms with E-state index in [0.29, 0.717) is 15.4 Å². The van der Waals surface area contributed by atoms with Crippen molar-refractivity contribution in [2.45, 2.75) is 32.2 Å². The predicted molar refractivity (Wildman–Crippen MR) is 189 cm³/mol. The molecule has 5 rings (SSSR count). The van der Waals surface area contributed by atoms with Crippen LogP contribution in [0.15, 0.2) is 64.3 Å². The summed E-state index contributed by atoms with van der Waals surface area (Å²) in [7, 11) is -6.32. The Labute approximate surface area is 310 Å². The van der Waals surface area contributed by atoms with Crippen LogP contribution < -0.4 is 14.6 Å². The molecule has 1 N–H and O–H groups in total. The molecule has 13 nitrogen and oxygen atoms in total. The lowest BCUT2D eigenvalue weighted by Crippen LogP contribution is -2.25. The van der Waals surface area contributed by atoms with Crippen LogP contribution in [0, 0.1) is 20.8 Å². The van der Waals surface area contributed by atoms with Gasteiger partial charge in [-0.3, -0.25) is 9.52 Å². The van der Waals surface area contributed by atoms with E-state index in [1.165, 1.54) is 55.1 Å². The first kappa shape index (κ1) is 39.8. The van der Waals surface area contributed by atoms with Crippen molar-refractivity contribution in [1.82, 2.24) is 24.1 Å². The van der Waals surface area contributed by atoms with Crippen LogP contribution in [-0.4, -0.2) is 53.0 Å². The van der Waals surface area contributed by atoms with E-state index in [1.54, 1.807) is 19.1 Å². The predicted octanol–water partition coefficient (Wildman–Crippen LogP) is 6.76. The highest BCUT2D eigenvalue weighted by atomic mass is 35.5. The van der Waals surface area contributed by atoms with E-state index in [2.05, 4.69) is 14.9 Å². The zero-order valence-corrected chi connectivity index (χ0v) is 31.6. The maximum atomic E-state index is 13.0. The van der Waals surface area contributed by atoms with Crippen molar-refractivity contribution in [3.63, 3.8) is 0 Å². The number of nitrogens with one attached hydrogen (secondary N) is 1. The maximum Gasteiger partial charge on any atom is 0.355 e. The van der Waals surface area contributed by atoms with Crippen molar-refractivity contribution in [3.8, 4) is 11.6 Å². The van der Waals surface area contributed by atoms with Gasteiger partial charge < -0.3 is 4.18 Å². The molecular formula is C30H26Cl4F2N6O7S2. The molecule has 0 saturated carbocycles. The average molecular weight is 827 g/mol. The molecule has 0 aliphatic rings. The largest absolute Gasteiger partial charge is 0.358 e. The molecule has 0 atom stereocenters. The topological polar surface area (TPSA) is 164 Å². The lowest BCUT2D eigenvalue weighted by molar-refractivity contribution is 0.0640. The number of benzene rings is 3. The number of aryl methyl sites for hydroxylation is 4. The second-order valence-electron chi connectivity index (χ2n) is 10.7. The van der Waals surface area contributed by atoms with Crippen molar-refractivity contribution in [2.24, 2.45) is 7.05 Å². The Morgan fingerprint density at radius 1 is 0.882 bits per heavy atom. The molecule has 0 radical (unpaired) electrons. The second kappa shape index (κ2) is 15.3. The van der Waals surface area contributed by atoms with Gasteiger partial charge in [0.2, 0.25) is 21.7 Å². The molecule has 0 aliphatic heterocycles. The van der Waals surface area contributed by atoms with E-state index < -0.39 is 38.2 Å². The Morgan fingerprint density at radius 2 is 1.51 bits per heavy atom. The Balaban J connectivity index is 0.000000233. The van der Waals surface area contributed by atoms with Gasteiger partial charge in [0, 0.05) is 17.6 Å². The van der Waals surface area contributed by atoms with Crippen LogP contribution in [0.4, 0.5) is 14.5 Å². The molecule has 272 valence electrons. The summed E-state index contributed by atoms with van der Waals surface area (Å²) in [5.74, 6) is -0.927. The normalized spacial score (nSPS) is 11.7. The molecule has 2 aromatic heterocycles. The van der Waals surface area contributed by atoms with Gasteiger partial charge in [-0.25, -0.2) is 22.5 Å². The van der Waals surface area contributed by atoms with Gasteiger partial charge in [0.05, 0.1) is 38.4 Å². The smallest absolute Gasteiger partial charge is 0.355 e. The average Bonchev–Trinajstić information content (AvgIpc) is 3.46. The first-order valence-electron chi connectivity index (χ1n) is 14.1. The highest BCUT2D eigenvalue weighted by Crippen LogP contribution is 2.33. The summed E-state index contributed by atoms with van der Waals surface area (Å²) >= 11 is 23.9. The molecule has 2 heterocycles. The second-order valence-corrected chi connectivity index (χ2v) is 15.7. The molecule has 0 aliphatic carbocycles. The molecule has 0 spiro atoms. The summed E-state index contributed by atoms with van der Waals surface area (Å²) in [6, 6.07) is 12.9. The van der Waals surface area contributed by atoms with Gasteiger partial charge in [-0.15, -0.1) is 5.10 Å². The zero-order valence-electron chi connectivity index (χ0n) is 27.0. The third-order valence-electron chi connectivity index (χ3n) is 6.81. The van der Waals surface area contributed by atoms with Crippen molar-refractivity contribution in [3.05, 3.63) is 113 Å². The molecule has 0 bridgehead atoms. The fourth-order valence-corrected chi connectivity index (χ4v) is 7.09. The number of ketones is 1. The lowest BCUT2D eigenvalue weighted by Gasteiger charge is -2.10. The monoisotopic (exact) mass is 824 g/mol. The van der Waals surface area contributed by atoms with Crippen LogP contribution in [0.5, 0.6) is 5.88 Å². The quantitative estimate of drug-likeness (QED) is 0.125. The maximum absolute atomic E-state index is 13.0. The number of hydrogen-bond acceptors (Lipinski definition) is 9. The number of carbonyl (C=O) groups excluding carboxylic acids is 1. The Bertz CT molecular complexity index is 2430. The fraction of sp³-hybridized carbons (Fsp3) is 0.200. The molecule has 21 heteroatoms. The van der Waals surface area contributed by atoms with Gasteiger partial charge in [-0.05, 0) is 63.2 Å². The molecule has 0 unspecified atom stereocenters. The molecule has 3 aromatic carbocycles. The van der Waals surface area contributed by atoms with Crippen molar-refractivity contribution >= 4 is 78.0 Å². The van der Waals surface area contributed by atoms with Crippen molar-refractivity contribution < 1.29 is 34.6 Å². The van der Waals surface area contributed by atoms with Crippen LogP contribution >= 0.6 is 46.4 Å². The number of sulfonamides is 1. The van der Waals surface area contributed by atoms with E-state index in [0.717, 1.165) is 17.9 Å². The number of alkyl halides is 2. The lowest BCUT2D eigenvalue weighted by atomic mass is 10.0. The van der Waals surface area contributed by atoms with Gasteiger partial charge in [0.1, 0.15) is 16.3 Å². The first-order chi connectivity index (χ1) is 23.6. The number of halogens is 6. The summed E-state index contributed by atoms with van der Waals surface area (Å²) in [4.78, 5) is 25.0. The van der Waals surface area contributed by atoms with Gasteiger partial charge in [-0.1, -0.05) is 64.1 Å². The van der Waals surface area contributed by atoms with E-state index in [-0.39, 0.29) is 58.7 Å². The Kier molecular flexibility index (Phi) is 11.9. The summed E-state index contributed by atoms with van der Waals surface area (Å²) in [6.45, 7) is 1.58. The van der Waals surface area contributed by atoms with Crippen molar-refractivity contribution in [2.75, 3.05) is 11.0 Å². The third kappa shape index (κ3) is 9.09. The van der Waals surface area contributed by atoms with Crippen LogP contribution in [0.1, 0.15) is 39.6 Å². The number of anilines is 1. The number of rotatable bonds is 9. The highest BCUT2D eigenvalue weighted by molar-refractivity contribution is 7.92. The van der Waals surface area contributed by atoms with Gasteiger partial charge in [-0.2, -0.15) is 27.0 Å². The number of nitrogens with zero attached hydrogens (tertiary/aromatic N) is 5. The van der Waals surface area contributed by atoms with Gasteiger partial charge >= 0.3 is 22.4 Å². The Hall–Kier alpha value is -4.00. The minimum Gasteiger partial charge on any atom is -0.358 e. The van der Waals surface area contributed by atoms with E-state index in [1.807, 2.05) is 6.92 Å². The molecule has 51 heavy (non-hydrogen) atoms. The minimum absolute atomic E-state index is 0.0161. The summed E-state index contributed by atoms with van der Waals surface area (Å²) in [5.41, 5.74) is 0.129. The Morgan fingerprint density at radius 3 is 2.06 bits per heavy atom. The summed E-state index contributed by atoms with van der Waals surface area (Å²) < 4.78 is 83.1. The number of aromatic nitrogens is 5. The first-order valence-corrected chi connectivity index (χ1v) is 18.9. The fourth-order valence-electron chi connectivity index (χ4n) is 4.49. The summed E-state index contributed by atoms with van der Waals surface area (Å²) in [6.07, 6.45) is 0.902. The van der Waals surface area contributed by atoms with Gasteiger partial charge in [0.25, 0.3) is 0 Å². The van der Waals surface area contributed by atoms with Crippen LogP contribution in [0.25, 0.3) is 5.69 Å². The SMILES string of the molecule is Cc1ccc(S(=O)(=O)Oc2c(C(=O)c3ccc(Cl)cc3Cl)c(C)nn2C)cc1.Cc1nn(-c2cc(NS(C)(=O)=O)c(Cl)cc2Cl)c(=O)n1C(F)F. The molecule has 5 aromatic rings. The number of carbonyl (C=O) groups is 1. The molecule has 0 saturated heterocycles. The standard InChI is InChI=1S/C19H16Cl2N2O4S.C11H10Cl2F2N4O3S/c1-11-4-7-14(8-5-11)28(25,26)27-19-17(12(2)22-23(19)3)18(24)15-9-6-13(20)10-16(15)21;1-5-16-19(11(20)18(5)10(14)15)9-4-8(17-23(2,21)22)6(12)3-7(9)13/h4-10H,1-3H3;3-4,10,17H,1-2H3. The zero-order chi connectivity index (χ0) is 38.2. The van der Waals surface area contributed by atoms with Gasteiger partial charge in [0.15, 0.2) is 0 Å². The molecular weight excluding hydrogens is 800 g/mol.